The summed E-state index contributed by atoms with van der Waals surface area (Å²) in [4.78, 5) is 0. The van der Waals surface area contributed by atoms with Crippen LogP contribution in [0.5, 0.6) is 0 Å². The highest BCUT2D eigenvalue weighted by molar-refractivity contribution is 9.09. The van der Waals surface area contributed by atoms with Crippen molar-refractivity contribution in [2.75, 3.05) is 5.33 Å². The summed E-state index contributed by atoms with van der Waals surface area (Å²) in [6.45, 7) is 1.48. The molecule has 15 heavy (non-hydrogen) atoms. The maximum Gasteiger partial charge on any atom is 0.416 e. The maximum atomic E-state index is 12.5. The fourth-order valence-electron chi connectivity index (χ4n) is 1.40. The van der Waals surface area contributed by atoms with Crippen LogP contribution in [0.3, 0.4) is 0 Å². The van der Waals surface area contributed by atoms with Crippen LogP contribution in [-0.2, 0) is 12.6 Å². The molecule has 0 aromatic heterocycles. The van der Waals surface area contributed by atoms with E-state index in [0.29, 0.717) is 6.42 Å². The number of hydrogen-bond donors (Lipinski definition) is 0. The zero-order chi connectivity index (χ0) is 11.5. The molecular weight excluding hydrogens is 269 g/mol. The smallest absolute Gasteiger partial charge is 0.166 e. The lowest BCUT2D eigenvalue weighted by atomic mass is 10.0. The average molecular weight is 281 g/mol. The van der Waals surface area contributed by atoms with Gasteiger partial charge in [0.15, 0.2) is 0 Å². The number of alkyl halides is 4. The van der Waals surface area contributed by atoms with Crippen molar-refractivity contribution < 1.29 is 13.2 Å². The summed E-state index contributed by atoms with van der Waals surface area (Å²) in [5.74, 6) is 0. The van der Waals surface area contributed by atoms with Crippen LogP contribution in [-0.4, -0.2) is 5.33 Å². The molecule has 0 aliphatic rings. The van der Waals surface area contributed by atoms with Gasteiger partial charge in [-0.3, -0.25) is 0 Å². The fourth-order valence-corrected chi connectivity index (χ4v) is 1.68. The number of halogens is 4. The van der Waals surface area contributed by atoms with E-state index < -0.39 is 11.7 Å². The molecule has 0 atom stereocenters. The van der Waals surface area contributed by atoms with Gasteiger partial charge in [-0.25, -0.2) is 0 Å². The quantitative estimate of drug-likeness (QED) is 0.723. The van der Waals surface area contributed by atoms with Gasteiger partial charge in [0, 0.05) is 5.33 Å². The Morgan fingerprint density at radius 1 is 1.27 bits per heavy atom. The van der Waals surface area contributed by atoms with E-state index >= 15 is 0 Å². The highest BCUT2D eigenvalue weighted by Crippen LogP contribution is 2.32. The van der Waals surface area contributed by atoms with Crippen molar-refractivity contribution in [1.82, 2.24) is 0 Å². The van der Waals surface area contributed by atoms with Gasteiger partial charge in [0.25, 0.3) is 0 Å². The Morgan fingerprint density at radius 2 is 1.93 bits per heavy atom. The third kappa shape index (κ3) is 3.52. The first-order chi connectivity index (χ1) is 6.95. The molecule has 0 saturated heterocycles. The molecule has 84 valence electrons. The average Bonchev–Trinajstić information content (AvgIpc) is 2.15. The van der Waals surface area contributed by atoms with Crippen LogP contribution in [0.15, 0.2) is 18.2 Å². The predicted molar refractivity (Wildman–Crippen MR) is 58.3 cm³/mol. The number of aryl methyl sites for hydroxylation is 2. The number of rotatable bonds is 3. The van der Waals surface area contributed by atoms with Crippen molar-refractivity contribution in [3.63, 3.8) is 0 Å². The lowest BCUT2D eigenvalue weighted by molar-refractivity contribution is -0.138. The molecule has 0 saturated carbocycles. The van der Waals surface area contributed by atoms with E-state index in [9.17, 15) is 13.2 Å². The lowest BCUT2D eigenvalue weighted by Crippen LogP contribution is -2.08. The minimum absolute atomic E-state index is 0.282. The van der Waals surface area contributed by atoms with Crippen molar-refractivity contribution in [3.05, 3.63) is 34.9 Å². The minimum atomic E-state index is -4.24. The first kappa shape index (κ1) is 12.6. The molecule has 0 aliphatic heterocycles. The zero-order valence-electron chi connectivity index (χ0n) is 8.37. The molecule has 0 aliphatic carbocycles. The SMILES string of the molecule is Cc1ccc(CCCBr)cc1C(F)(F)F. The second-order valence-electron chi connectivity index (χ2n) is 3.44. The molecule has 0 nitrogen and oxygen atoms in total. The van der Waals surface area contributed by atoms with E-state index in [0.717, 1.165) is 17.3 Å². The van der Waals surface area contributed by atoms with E-state index in [1.165, 1.54) is 19.1 Å². The molecule has 0 N–H and O–H groups in total. The minimum Gasteiger partial charge on any atom is -0.166 e. The van der Waals surface area contributed by atoms with Gasteiger partial charge in [-0.05, 0) is 37.0 Å². The summed E-state index contributed by atoms with van der Waals surface area (Å²) in [5.41, 5.74) is 0.507. The molecule has 1 rings (SSSR count). The second-order valence-corrected chi connectivity index (χ2v) is 4.23. The summed E-state index contributed by atoms with van der Waals surface area (Å²) in [6, 6.07) is 4.54. The van der Waals surface area contributed by atoms with Gasteiger partial charge in [-0.2, -0.15) is 13.2 Å². The summed E-state index contributed by atoms with van der Waals surface area (Å²) in [7, 11) is 0. The lowest BCUT2D eigenvalue weighted by Gasteiger charge is -2.11. The molecule has 0 fully saturated rings. The van der Waals surface area contributed by atoms with Crippen LogP contribution in [0.1, 0.15) is 23.1 Å². The highest BCUT2D eigenvalue weighted by atomic mass is 79.9. The van der Waals surface area contributed by atoms with Gasteiger partial charge in [-0.1, -0.05) is 28.1 Å². The van der Waals surface area contributed by atoms with Gasteiger partial charge < -0.3 is 0 Å². The Morgan fingerprint density at radius 3 is 2.47 bits per heavy atom. The van der Waals surface area contributed by atoms with Crippen molar-refractivity contribution in [2.24, 2.45) is 0 Å². The zero-order valence-corrected chi connectivity index (χ0v) is 9.95. The standard InChI is InChI=1S/C11H12BrF3/c1-8-4-5-9(3-2-6-12)7-10(8)11(13,14)15/h4-5,7H,2-3,6H2,1H3. The Labute approximate surface area is 95.6 Å². The van der Waals surface area contributed by atoms with Gasteiger partial charge in [0.2, 0.25) is 0 Å². The monoisotopic (exact) mass is 280 g/mol. The van der Waals surface area contributed by atoms with E-state index in [1.807, 2.05) is 0 Å². The molecule has 1 aromatic carbocycles. The van der Waals surface area contributed by atoms with Crippen LogP contribution < -0.4 is 0 Å². The largest absolute Gasteiger partial charge is 0.416 e. The van der Waals surface area contributed by atoms with E-state index in [2.05, 4.69) is 15.9 Å². The Balaban J connectivity index is 2.95. The van der Waals surface area contributed by atoms with Crippen LogP contribution in [0.25, 0.3) is 0 Å². The predicted octanol–water partition coefficient (Wildman–Crippen LogP) is 4.34. The number of hydrogen-bond acceptors (Lipinski definition) is 0. The topological polar surface area (TPSA) is 0 Å². The van der Waals surface area contributed by atoms with E-state index in [-0.39, 0.29) is 5.56 Å². The molecule has 0 unspecified atom stereocenters. The third-order valence-electron chi connectivity index (χ3n) is 2.21. The Kier molecular flexibility index (Phi) is 4.20. The van der Waals surface area contributed by atoms with Crippen LogP contribution >= 0.6 is 15.9 Å². The third-order valence-corrected chi connectivity index (χ3v) is 2.77. The fraction of sp³-hybridized carbons (Fsp3) is 0.455. The normalized spacial score (nSPS) is 11.8. The van der Waals surface area contributed by atoms with Crippen molar-refractivity contribution >= 4 is 15.9 Å². The molecule has 0 radical (unpaired) electrons. The van der Waals surface area contributed by atoms with E-state index in [1.54, 1.807) is 6.07 Å². The summed E-state index contributed by atoms with van der Waals surface area (Å²) >= 11 is 3.26. The Bertz CT molecular complexity index is 331. The van der Waals surface area contributed by atoms with Crippen LogP contribution in [0.4, 0.5) is 13.2 Å². The molecule has 0 heterocycles. The Hall–Kier alpha value is -0.510. The molecule has 0 spiro atoms. The van der Waals surface area contributed by atoms with Crippen LogP contribution in [0, 0.1) is 6.92 Å². The first-order valence-corrected chi connectivity index (χ1v) is 5.80. The molecule has 0 bridgehead atoms. The second kappa shape index (κ2) is 5.01. The van der Waals surface area contributed by atoms with Gasteiger partial charge in [0.05, 0.1) is 5.56 Å². The molecule has 0 amide bonds. The summed E-state index contributed by atoms with van der Waals surface area (Å²) in [5, 5.41) is 0.808. The molecule has 1 aromatic rings. The van der Waals surface area contributed by atoms with Gasteiger partial charge in [0.1, 0.15) is 0 Å². The van der Waals surface area contributed by atoms with Gasteiger partial charge in [-0.15, -0.1) is 0 Å². The number of benzene rings is 1. The van der Waals surface area contributed by atoms with E-state index in [4.69, 9.17) is 0 Å². The first-order valence-electron chi connectivity index (χ1n) is 4.68. The summed E-state index contributed by atoms with van der Waals surface area (Å²) in [6.07, 6.45) is -2.72. The highest BCUT2D eigenvalue weighted by Gasteiger charge is 2.32. The molecular formula is C11H12BrF3. The molecule has 4 heteroatoms. The van der Waals surface area contributed by atoms with Gasteiger partial charge >= 0.3 is 6.18 Å². The van der Waals surface area contributed by atoms with Crippen molar-refractivity contribution in [1.29, 1.82) is 0 Å². The van der Waals surface area contributed by atoms with Crippen molar-refractivity contribution in [2.45, 2.75) is 25.9 Å². The maximum absolute atomic E-state index is 12.5. The summed E-state index contributed by atoms with van der Waals surface area (Å²) < 4.78 is 37.6. The van der Waals surface area contributed by atoms with Crippen molar-refractivity contribution in [3.8, 4) is 0 Å². The van der Waals surface area contributed by atoms with Crippen LogP contribution in [0.2, 0.25) is 0 Å².